The average molecular weight is 862 g/mol. The number of halogens is 7. The van der Waals surface area contributed by atoms with Crippen molar-refractivity contribution < 1.29 is 45.1 Å². The van der Waals surface area contributed by atoms with Crippen LogP contribution in [0.25, 0.3) is 0 Å². The van der Waals surface area contributed by atoms with Gasteiger partial charge in [-0.3, -0.25) is 14.8 Å². The van der Waals surface area contributed by atoms with Gasteiger partial charge in [0, 0.05) is 69.8 Å². The quantitative estimate of drug-likeness (QED) is 0.0781. The fraction of sp³-hybridized carbons (Fsp3) is 0.122. The summed E-state index contributed by atoms with van der Waals surface area (Å²) in [6, 6.07) is 21.0. The van der Waals surface area contributed by atoms with Crippen LogP contribution in [0.4, 0.5) is 49.5 Å². The van der Waals surface area contributed by atoms with E-state index in [1.54, 1.807) is 37.4 Å². The summed E-state index contributed by atoms with van der Waals surface area (Å²) in [6.45, 7) is 1.09. The topological polar surface area (TPSA) is 167 Å². The van der Waals surface area contributed by atoms with Crippen molar-refractivity contribution in [2.75, 3.05) is 29.1 Å². The molecule has 310 valence electrons. The zero-order valence-electron chi connectivity index (χ0n) is 33.2. The van der Waals surface area contributed by atoms with Gasteiger partial charge < -0.3 is 36.9 Å². The molecule has 0 fully saturated rings. The van der Waals surface area contributed by atoms with Crippen LogP contribution < -0.4 is 36.9 Å². The Morgan fingerprint density at radius 1 is 0.729 bits per heavy atom. The molecular weight excluding hydrogens is 820 g/mol. The molecule has 3 amide bonds. The van der Waals surface area contributed by atoms with Gasteiger partial charge in [0.25, 0.3) is 5.91 Å². The minimum atomic E-state index is -4.68. The number of aryl methyl sites for hydroxylation is 2. The van der Waals surface area contributed by atoms with Crippen molar-refractivity contribution in [3.63, 3.8) is 0 Å². The van der Waals surface area contributed by atoms with E-state index in [9.17, 15) is 31.5 Å². The highest BCUT2D eigenvalue weighted by molar-refractivity contribution is 6.31. The van der Waals surface area contributed by atoms with Crippen LogP contribution in [0.3, 0.4) is 0 Å². The number of benzene rings is 4. The molecule has 2 aromatic heterocycles. The lowest BCUT2D eigenvalue weighted by Gasteiger charge is -2.13. The number of carbonyl (C=O) groups excluding carboxylic acids is 2. The number of nitrogens with zero attached hydrogens (tertiary/aromatic N) is 2. The van der Waals surface area contributed by atoms with Crippen molar-refractivity contribution in [2.24, 2.45) is 0 Å². The zero-order chi connectivity index (χ0) is 45.1. The van der Waals surface area contributed by atoms with Crippen LogP contribution in [0, 0.1) is 25.5 Å². The molecule has 0 aliphatic carbocycles. The second kappa shape index (κ2) is 21.2. The minimum absolute atomic E-state index is 0. The van der Waals surface area contributed by atoms with Gasteiger partial charge >= 0.3 is 12.2 Å². The Hall–Kier alpha value is -6.65. The molecule has 2 heterocycles. The van der Waals surface area contributed by atoms with Crippen LogP contribution in [0.2, 0.25) is 10.0 Å². The van der Waals surface area contributed by atoms with Crippen LogP contribution in [-0.2, 0) is 6.18 Å². The van der Waals surface area contributed by atoms with E-state index in [0.29, 0.717) is 11.8 Å². The third kappa shape index (κ3) is 14.4. The monoisotopic (exact) mass is 860 g/mol. The smallest absolute Gasteiger partial charge is 0.417 e. The third-order valence-electron chi connectivity index (χ3n) is 7.29. The Morgan fingerprint density at radius 3 is 1.93 bits per heavy atom. The molecule has 0 unspecified atom stereocenters. The van der Waals surface area contributed by atoms with E-state index in [4.69, 9.17) is 48.3 Å². The second-order valence-corrected chi connectivity index (χ2v) is 12.6. The van der Waals surface area contributed by atoms with Gasteiger partial charge in [0.1, 0.15) is 40.3 Å². The summed E-state index contributed by atoms with van der Waals surface area (Å²) in [7, 11) is 0. The van der Waals surface area contributed by atoms with E-state index in [0.717, 1.165) is 40.2 Å². The summed E-state index contributed by atoms with van der Waals surface area (Å²) >= 11 is 11.3. The SMILES string of the molecule is C.Cc1cc(N)ccc1Cl.Cc1cc(Oc2ccc(NC(=O)Nc3ccc(Cl)c(C(F)(F)F)c3)c(F)c2)ccn1.[2H]C([2H])([2H])NC(=O)c1cc(Oc2ccc(N)c(F)c2)ccn1. The number of amides is 3. The number of urea groups is 1. The van der Waals surface area contributed by atoms with Crippen LogP contribution >= 0.6 is 23.2 Å². The molecule has 6 aromatic rings. The highest BCUT2D eigenvalue weighted by atomic mass is 35.5. The summed E-state index contributed by atoms with van der Waals surface area (Å²) < 4.78 is 98.2. The first-order chi connectivity index (χ1) is 28.6. The van der Waals surface area contributed by atoms with Crippen molar-refractivity contribution in [3.8, 4) is 23.0 Å². The molecule has 7 N–H and O–H groups in total. The lowest BCUT2D eigenvalue weighted by molar-refractivity contribution is -0.137. The van der Waals surface area contributed by atoms with Gasteiger partial charge in [-0.25, -0.2) is 13.6 Å². The zero-order valence-corrected chi connectivity index (χ0v) is 31.7. The van der Waals surface area contributed by atoms with Crippen LogP contribution in [0.5, 0.6) is 23.0 Å². The van der Waals surface area contributed by atoms with Gasteiger partial charge in [-0.05, 0) is 92.2 Å². The van der Waals surface area contributed by atoms with Gasteiger partial charge in [-0.15, -0.1) is 0 Å². The van der Waals surface area contributed by atoms with Gasteiger partial charge in [0.2, 0.25) is 0 Å². The molecule has 11 nitrogen and oxygen atoms in total. The van der Waals surface area contributed by atoms with Gasteiger partial charge in [0.05, 0.1) is 22.0 Å². The summed E-state index contributed by atoms with van der Waals surface area (Å²) in [5.41, 5.74) is 11.7. The largest absolute Gasteiger partial charge is 0.457 e. The summed E-state index contributed by atoms with van der Waals surface area (Å²) in [5, 5.41) is 6.51. The number of ether oxygens (including phenoxy) is 2. The number of carbonyl (C=O) groups is 2. The number of hydrogen-bond acceptors (Lipinski definition) is 8. The Kier molecular flexibility index (Phi) is 15.1. The molecule has 4 aromatic carbocycles. The van der Waals surface area contributed by atoms with Gasteiger partial charge in [-0.2, -0.15) is 13.2 Å². The maximum Gasteiger partial charge on any atom is 0.417 e. The maximum atomic E-state index is 14.3. The van der Waals surface area contributed by atoms with Gasteiger partial charge in [0.15, 0.2) is 0 Å². The molecule has 0 atom stereocenters. The first-order valence-electron chi connectivity index (χ1n) is 17.9. The van der Waals surface area contributed by atoms with Crippen molar-refractivity contribution in [1.29, 1.82) is 0 Å². The number of nitrogens with one attached hydrogen (secondary N) is 3. The van der Waals surface area contributed by atoms with E-state index >= 15 is 0 Å². The Labute approximate surface area is 350 Å². The summed E-state index contributed by atoms with van der Waals surface area (Å²) in [5.74, 6) is -1.25. The third-order valence-corrected chi connectivity index (χ3v) is 8.04. The molecule has 0 aliphatic rings. The van der Waals surface area contributed by atoms with E-state index in [1.165, 1.54) is 48.7 Å². The number of anilines is 4. The molecular formula is C41H38Cl2F5N7O4. The highest BCUT2D eigenvalue weighted by Gasteiger charge is 2.33. The molecule has 0 saturated heterocycles. The van der Waals surface area contributed by atoms with Crippen LogP contribution in [0.15, 0.2) is 109 Å². The number of aromatic nitrogens is 2. The lowest BCUT2D eigenvalue weighted by atomic mass is 10.2. The molecule has 59 heavy (non-hydrogen) atoms. The average Bonchev–Trinajstić information content (AvgIpc) is 3.16. The number of pyridine rings is 2. The first kappa shape index (κ1) is 42.0. The molecule has 18 heteroatoms. The summed E-state index contributed by atoms with van der Waals surface area (Å²) in [6.07, 6.45) is -1.86. The molecule has 0 aliphatic heterocycles. The van der Waals surface area contributed by atoms with E-state index in [1.807, 2.05) is 18.3 Å². The number of rotatable bonds is 7. The van der Waals surface area contributed by atoms with E-state index < -0.39 is 47.3 Å². The molecule has 0 bridgehead atoms. The molecule has 0 spiro atoms. The summed E-state index contributed by atoms with van der Waals surface area (Å²) in [4.78, 5) is 31.5. The first-order valence-corrected chi connectivity index (χ1v) is 17.2. The Balaban J connectivity index is 0.000000279. The standard InChI is InChI=1S/C20H14ClF4N3O2.C13H12FN3O2.C7H8ClN.CH4/c1-11-8-14(6-7-26-11)30-13-3-5-18(17(22)10-13)28-19(29)27-12-2-4-16(21)15(9-12)20(23,24)25;1-16-13(18)12-7-9(4-5-17-12)19-8-2-3-11(15)10(14)6-8;1-5-4-6(9)2-3-7(5)8;/h2-10H,1H3,(H2,27,28,29);2-7H,15H2,1H3,(H,16,18);2-4H,9H2,1H3;1H4/i;1D3;;. The highest BCUT2D eigenvalue weighted by Crippen LogP contribution is 2.36. The fourth-order valence-corrected chi connectivity index (χ4v) is 4.87. The van der Waals surface area contributed by atoms with Crippen molar-refractivity contribution in [2.45, 2.75) is 27.5 Å². The number of hydrogen-bond donors (Lipinski definition) is 5. The van der Waals surface area contributed by atoms with Gasteiger partial charge in [-0.1, -0.05) is 30.6 Å². The molecule has 6 rings (SSSR count). The Bertz CT molecular complexity index is 2520. The molecule has 0 saturated carbocycles. The van der Waals surface area contributed by atoms with Crippen LogP contribution in [-0.4, -0.2) is 28.9 Å². The van der Waals surface area contributed by atoms with Crippen molar-refractivity contribution >= 4 is 57.9 Å². The normalized spacial score (nSPS) is 11.3. The van der Waals surface area contributed by atoms with Crippen molar-refractivity contribution in [3.05, 3.63) is 154 Å². The van der Waals surface area contributed by atoms with E-state index in [-0.39, 0.29) is 47.4 Å². The maximum absolute atomic E-state index is 14.3. The van der Waals surface area contributed by atoms with Crippen molar-refractivity contribution in [1.82, 2.24) is 15.3 Å². The van der Waals surface area contributed by atoms with Crippen LogP contribution in [0.1, 0.15) is 38.8 Å². The number of alkyl halides is 3. The lowest BCUT2D eigenvalue weighted by Crippen LogP contribution is -2.20. The van der Waals surface area contributed by atoms with E-state index in [2.05, 4.69) is 20.6 Å². The predicted octanol–water partition coefficient (Wildman–Crippen LogP) is 11.5. The fourth-order valence-electron chi connectivity index (χ4n) is 4.52. The predicted molar refractivity (Wildman–Crippen MR) is 220 cm³/mol. The minimum Gasteiger partial charge on any atom is -0.457 e. The second-order valence-electron chi connectivity index (χ2n) is 11.8. The Morgan fingerprint density at radius 2 is 1.34 bits per heavy atom. The molecule has 0 radical (unpaired) electrons. The number of nitrogens with two attached hydrogens (primary N) is 2. The number of nitrogen functional groups attached to an aromatic ring is 2.